The summed E-state index contributed by atoms with van der Waals surface area (Å²) in [6, 6.07) is 8.00. The molecule has 0 bridgehead atoms. The Kier molecular flexibility index (Phi) is 5.14. The fourth-order valence-electron chi connectivity index (χ4n) is 2.57. The molecule has 2 N–H and O–H groups in total. The van der Waals surface area contributed by atoms with Gasteiger partial charge in [-0.3, -0.25) is 4.79 Å². The normalized spacial score (nSPS) is 18.2. The molecule has 0 saturated carbocycles. The molecule has 112 valence electrons. The van der Waals surface area contributed by atoms with Crippen LogP contribution in [0.25, 0.3) is 10.9 Å². The van der Waals surface area contributed by atoms with Crippen LogP contribution in [0.2, 0.25) is 0 Å². The largest absolute Gasteiger partial charge is 0.361 e. The predicted molar refractivity (Wildman–Crippen MR) is 93.9 cm³/mol. The van der Waals surface area contributed by atoms with Crippen LogP contribution in [0.3, 0.4) is 0 Å². The molecule has 2 aromatic rings. The molecule has 1 unspecified atom stereocenters. The Labute approximate surface area is 133 Å². The second-order valence-electron chi connectivity index (χ2n) is 5.40. The highest BCUT2D eigenvalue weighted by Gasteiger charge is 2.15. The van der Waals surface area contributed by atoms with Crippen LogP contribution in [-0.2, 0) is 4.79 Å². The number of carbonyl (C=O) groups is 1. The van der Waals surface area contributed by atoms with Gasteiger partial charge in [-0.2, -0.15) is 0 Å². The van der Waals surface area contributed by atoms with Crippen molar-refractivity contribution in [3.05, 3.63) is 30.5 Å². The number of aromatic amines is 1. The summed E-state index contributed by atoms with van der Waals surface area (Å²) in [4.78, 5) is 15.1. The summed E-state index contributed by atoms with van der Waals surface area (Å²) < 4.78 is 0. The van der Waals surface area contributed by atoms with Crippen molar-refractivity contribution >= 4 is 44.1 Å². The number of anilines is 1. The molecule has 3 rings (SSSR count). The number of aromatic nitrogens is 1. The number of rotatable bonds is 6. The lowest BCUT2D eigenvalue weighted by Gasteiger charge is -2.07. The number of H-pyrrole nitrogens is 1. The molecule has 1 saturated heterocycles. The molecule has 1 aliphatic heterocycles. The molecular formula is C16H20N2OS2. The topological polar surface area (TPSA) is 44.9 Å². The monoisotopic (exact) mass is 320 g/mol. The van der Waals surface area contributed by atoms with Crippen LogP contribution < -0.4 is 5.32 Å². The van der Waals surface area contributed by atoms with E-state index in [1.165, 1.54) is 24.0 Å². The van der Waals surface area contributed by atoms with Crippen molar-refractivity contribution in [3.8, 4) is 0 Å². The Morgan fingerprint density at radius 1 is 1.33 bits per heavy atom. The second kappa shape index (κ2) is 7.27. The molecule has 21 heavy (non-hydrogen) atoms. The van der Waals surface area contributed by atoms with E-state index in [4.69, 9.17) is 0 Å². The number of benzene rings is 1. The first-order valence-corrected chi connectivity index (χ1v) is 9.85. The Balaban J connectivity index is 1.40. The molecule has 5 heteroatoms. The van der Waals surface area contributed by atoms with Gasteiger partial charge in [0.25, 0.3) is 0 Å². The van der Waals surface area contributed by atoms with Crippen molar-refractivity contribution < 1.29 is 4.79 Å². The first-order chi connectivity index (χ1) is 10.3. The summed E-state index contributed by atoms with van der Waals surface area (Å²) in [5, 5.41) is 4.96. The van der Waals surface area contributed by atoms with E-state index >= 15 is 0 Å². The zero-order chi connectivity index (χ0) is 14.5. The number of nitrogens with one attached hydrogen (secondary N) is 2. The molecule has 1 aromatic carbocycles. The summed E-state index contributed by atoms with van der Waals surface area (Å²) in [6.07, 6.45) is 7.25. The first-order valence-electron chi connectivity index (χ1n) is 7.46. The Hall–Kier alpha value is -1.07. The standard InChI is InChI=1S/C16H20N2OS2/c19-16(4-2-1-3-14-8-10-20-21-14)18-13-6-5-12-7-9-17-15(12)11-13/h5-7,9,11,14,17H,1-4,8,10H2,(H,18,19). The maximum absolute atomic E-state index is 12.0. The second-order valence-corrected chi connectivity index (χ2v) is 8.19. The molecule has 0 spiro atoms. The van der Waals surface area contributed by atoms with Crippen LogP contribution in [-0.4, -0.2) is 21.9 Å². The van der Waals surface area contributed by atoms with Crippen LogP contribution in [0.5, 0.6) is 0 Å². The van der Waals surface area contributed by atoms with Gasteiger partial charge in [0.1, 0.15) is 0 Å². The van der Waals surface area contributed by atoms with Gasteiger partial charge in [-0.05, 0) is 42.8 Å². The van der Waals surface area contributed by atoms with Crippen LogP contribution in [0, 0.1) is 0 Å². The average molecular weight is 320 g/mol. The average Bonchev–Trinajstić information content (AvgIpc) is 3.14. The highest BCUT2D eigenvalue weighted by atomic mass is 33.1. The van der Waals surface area contributed by atoms with Crippen molar-refractivity contribution in [2.75, 3.05) is 11.1 Å². The Bertz CT molecular complexity index is 605. The Morgan fingerprint density at radius 3 is 3.14 bits per heavy atom. The molecule has 1 aliphatic rings. The minimum Gasteiger partial charge on any atom is -0.361 e. The maximum atomic E-state index is 12.0. The quantitative estimate of drug-likeness (QED) is 0.592. The third-order valence-electron chi connectivity index (χ3n) is 3.75. The van der Waals surface area contributed by atoms with E-state index < -0.39 is 0 Å². The van der Waals surface area contributed by atoms with Gasteiger partial charge in [-0.1, -0.05) is 34.1 Å². The first kappa shape index (κ1) is 14.9. The number of unbranched alkanes of at least 4 members (excludes halogenated alkanes) is 1. The molecule has 2 heterocycles. The minimum absolute atomic E-state index is 0.120. The lowest BCUT2D eigenvalue weighted by molar-refractivity contribution is -0.116. The highest BCUT2D eigenvalue weighted by molar-refractivity contribution is 8.77. The number of hydrogen-bond donors (Lipinski definition) is 2. The van der Waals surface area contributed by atoms with Gasteiger partial charge < -0.3 is 10.3 Å². The van der Waals surface area contributed by atoms with Gasteiger partial charge >= 0.3 is 0 Å². The van der Waals surface area contributed by atoms with E-state index in [0.29, 0.717) is 6.42 Å². The van der Waals surface area contributed by atoms with E-state index in [-0.39, 0.29) is 5.91 Å². The van der Waals surface area contributed by atoms with Crippen LogP contribution in [0.1, 0.15) is 32.1 Å². The zero-order valence-corrected chi connectivity index (χ0v) is 13.6. The van der Waals surface area contributed by atoms with E-state index in [0.717, 1.165) is 29.3 Å². The van der Waals surface area contributed by atoms with Crippen molar-refractivity contribution in [1.29, 1.82) is 0 Å². The van der Waals surface area contributed by atoms with Crippen molar-refractivity contribution in [3.63, 3.8) is 0 Å². The molecule has 1 atom stereocenters. The van der Waals surface area contributed by atoms with Crippen molar-refractivity contribution in [2.45, 2.75) is 37.4 Å². The van der Waals surface area contributed by atoms with Gasteiger partial charge in [0.05, 0.1) is 0 Å². The lowest BCUT2D eigenvalue weighted by Crippen LogP contribution is -2.11. The third kappa shape index (κ3) is 4.20. The van der Waals surface area contributed by atoms with Gasteiger partial charge in [0.15, 0.2) is 0 Å². The fraction of sp³-hybridized carbons (Fsp3) is 0.438. The molecule has 1 fully saturated rings. The van der Waals surface area contributed by atoms with E-state index in [1.807, 2.05) is 52.1 Å². The molecule has 0 radical (unpaired) electrons. The van der Waals surface area contributed by atoms with E-state index in [1.54, 1.807) is 0 Å². The minimum atomic E-state index is 0.120. The van der Waals surface area contributed by atoms with Gasteiger partial charge in [-0.25, -0.2) is 0 Å². The fourth-order valence-corrected chi connectivity index (χ4v) is 5.60. The van der Waals surface area contributed by atoms with Gasteiger partial charge in [0, 0.05) is 34.8 Å². The zero-order valence-electron chi connectivity index (χ0n) is 11.9. The highest BCUT2D eigenvalue weighted by Crippen LogP contribution is 2.39. The van der Waals surface area contributed by atoms with Crippen molar-refractivity contribution in [1.82, 2.24) is 4.98 Å². The Morgan fingerprint density at radius 2 is 2.29 bits per heavy atom. The molecule has 0 aliphatic carbocycles. The number of hydrogen-bond acceptors (Lipinski definition) is 3. The van der Waals surface area contributed by atoms with Gasteiger partial charge in [0.2, 0.25) is 5.91 Å². The summed E-state index contributed by atoms with van der Waals surface area (Å²) in [6.45, 7) is 0. The van der Waals surface area contributed by atoms with Crippen LogP contribution in [0.4, 0.5) is 5.69 Å². The molecule has 3 nitrogen and oxygen atoms in total. The van der Waals surface area contributed by atoms with Gasteiger partial charge in [-0.15, -0.1) is 0 Å². The van der Waals surface area contributed by atoms with Crippen LogP contribution in [0.15, 0.2) is 30.5 Å². The van der Waals surface area contributed by atoms with E-state index in [9.17, 15) is 4.79 Å². The maximum Gasteiger partial charge on any atom is 0.224 e. The number of amides is 1. The molecular weight excluding hydrogens is 300 g/mol. The molecule has 1 aromatic heterocycles. The van der Waals surface area contributed by atoms with E-state index in [2.05, 4.69) is 10.3 Å². The van der Waals surface area contributed by atoms with Crippen molar-refractivity contribution in [2.24, 2.45) is 0 Å². The third-order valence-corrected chi connectivity index (χ3v) is 6.75. The lowest BCUT2D eigenvalue weighted by atomic mass is 10.1. The summed E-state index contributed by atoms with van der Waals surface area (Å²) >= 11 is 0. The summed E-state index contributed by atoms with van der Waals surface area (Å²) in [5.74, 6) is 1.41. The molecule has 1 amide bonds. The smallest absolute Gasteiger partial charge is 0.224 e. The number of fused-ring (bicyclic) bond motifs is 1. The predicted octanol–water partition coefficient (Wildman–Crippen LogP) is 4.82. The van der Waals surface area contributed by atoms with Crippen LogP contribution >= 0.6 is 21.6 Å². The number of carbonyl (C=O) groups excluding carboxylic acids is 1. The summed E-state index contributed by atoms with van der Waals surface area (Å²) in [5.41, 5.74) is 1.93. The summed E-state index contributed by atoms with van der Waals surface area (Å²) in [7, 11) is 4.00. The SMILES string of the molecule is O=C(CCCCC1CCSS1)Nc1ccc2cc[nH]c2c1.